The molecular formula is C12H15N5O2. The number of aromatic nitrogens is 4. The molecule has 7 nitrogen and oxygen atoms in total. The van der Waals surface area contributed by atoms with Gasteiger partial charge in [0, 0.05) is 12.6 Å². The van der Waals surface area contributed by atoms with Crippen LogP contribution in [0.2, 0.25) is 0 Å². The molecule has 2 aromatic heterocycles. The maximum Gasteiger partial charge on any atom is 0.306 e. The van der Waals surface area contributed by atoms with Gasteiger partial charge in [0.2, 0.25) is 0 Å². The van der Waals surface area contributed by atoms with Crippen molar-refractivity contribution in [3.8, 4) is 0 Å². The summed E-state index contributed by atoms with van der Waals surface area (Å²) < 4.78 is 6.57. The van der Waals surface area contributed by atoms with Crippen molar-refractivity contribution >= 4 is 29.2 Å². The summed E-state index contributed by atoms with van der Waals surface area (Å²) in [5.74, 6) is 0.151. The standard InChI is InChI=1S/C12H15N5O2/c1-2-19-9(18)5-3-4-6-17-8-16-10-11(13)14-7-15-12(10)17/h4,6-8H,2-3,5H2,1H3,(H2,13,14,15). The molecule has 0 fully saturated rings. The zero-order chi connectivity index (χ0) is 13.7. The van der Waals surface area contributed by atoms with Gasteiger partial charge in [-0.15, -0.1) is 0 Å². The molecule has 0 atom stereocenters. The van der Waals surface area contributed by atoms with E-state index in [-0.39, 0.29) is 5.97 Å². The first-order valence-corrected chi connectivity index (χ1v) is 5.97. The maximum atomic E-state index is 11.1. The lowest BCUT2D eigenvalue weighted by molar-refractivity contribution is -0.142. The molecule has 100 valence electrons. The number of imidazole rings is 1. The van der Waals surface area contributed by atoms with Gasteiger partial charge in [-0.2, -0.15) is 0 Å². The highest BCUT2D eigenvalue weighted by Gasteiger charge is 2.05. The fourth-order valence-electron chi connectivity index (χ4n) is 1.60. The van der Waals surface area contributed by atoms with Crippen molar-refractivity contribution in [1.29, 1.82) is 0 Å². The molecule has 0 aliphatic carbocycles. The number of fused-ring (bicyclic) bond motifs is 1. The number of nitrogen functional groups attached to an aromatic ring is 1. The quantitative estimate of drug-likeness (QED) is 0.813. The Hall–Kier alpha value is -2.44. The average Bonchev–Trinajstić information content (AvgIpc) is 2.80. The summed E-state index contributed by atoms with van der Waals surface area (Å²) in [5, 5.41) is 0. The monoisotopic (exact) mass is 261 g/mol. The van der Waals surface area contributed by atoms with Crippen molar-refractivity contribution in [2.45, 2.75) is 19.8 Å². The van der Waals surface area contributed by atoms with Crippen LogP contribution in [0.15, 0.2) is 18.7 Å². The zero-order valence-corrected chi connectivity index (χ0v) is 10.6. The zero-order valence-electron chi connectivity index (χ0n) is 10.6. The lowest BCUT2D eigenvalue weighted by atomic mass is 10.3. The normalized spacial score (nSPS) is 11.2. The fourth-order valence-corrected chi connectivity index (χ4v) is 1.60. The first-order valence-electron chi connectivity index (χ1n) is 5.97. The van der Waals surface area contributed by atoms with Crippen LogP contribution in [0.25, 0.3) is 17.4 Å². The van der Waals surface area contributed by atoms with Crippen LogP contribution in [0.3, 0.4) is 0 Å². The van der Waals surface area contributed by atoms with Crippen molar-refractivity contribution in [3.63, 3.8) is 0 Å². The lowest BCUT2D eigenvalue weighted by Gasteiger charge is -1.98. The minimum absolute atomic E-state index is 0.200. The number of carbonyl (C=O) groups is 1. The molecule has 0 spiro atoms. The fraction of sp³-hybridized carbons (Fsp3) is 0.333. The number of nitrogens with two attached hydrogens (primary N) is 1. The molecule has 0 aliphatic rings. The first-order chi connectivity index (χ1) is 9.22. The average molecular weight is 261 g/mol. The lowest BCUT2D eigenvalue weighted by Crippen LogP contribution is -2.02. The second kappa shape index (κ2) is 5.94. The highest BCUT2D eigenvalue weighted by Crippen LogP contribution is 2.14. The van der Waals surface area contributed by atoms with Crippen LogP contribution in [-0.2, 0) is 9.53 Å². The van der Waals surface area contributed by atoms with E-state index in [9.17, 15) is 4.79 Å². The highest BCUT2D eigenvalue weighted by atomic mass is 16.5. The number of hydrogen-bond donors (Lipinski definition) is 1. The van der Waals surface area contributed by atoms with Gasteiger partial charge in [-0.05, 0) is 13.3 Å². The van der Waals surface area contributed by atoms with Crippen LogP contribution in [0.1, 0.15) is 19.8 Å². The van der Waals surface area contributed by atoms with Crippen LogP contribution in [0, 0.1) is 0 Å². The van der Waals surface area contributed by atoms with Gasteiger partial charge in [-0.25, -0.2) is 15.0 Å². The topological polar surface area (TPSA) is 95.9 Å². The van der Waals surface area contributed by atoms with Crippen LogP contribution < -0.4 is 5.73 Å². The molecule has 0 unspecified atom stereocenters. The Bertz CT molecular complexity index is 605. The molecule has 0 bridgehead atoms. The maximum absolute atomic E-state index is 11.1. The van der Waals surface area contributed by atoms with Gasteiger partial charge >= 0.3 is 5.97 Å². The van der Waals surface area contributed by atoms with E-state index in [0.717, 1.165) is 0 Å². The smallest absolute Gasteiger partial charge is 0.306 e. The summed E-state index contributed by atoms with van der Waals surface area (Å²) in [5.41, 5.74) is 6.89. The molecule has 0 aliphatic heterocycles. The number of allylic oxidation sites excluding steroid dienone is 1. The van der Waals surface area contributed by atoms with Gasteiger partial charge in [0.15, 0.2) is 17.0 Å². The van der Waals surface area contributed by atoms with Gasteiger partial charge in [0.1, 0.15) is 12.7 Å². The van der Waals surface area contributed by atoms with Gasteiger partial charge in [0.25, 0.3) is 0 Å². The molecule has 0 saturated carbocycles. The van der Waals surface area contributed by atoms with E-state index < -0.39 is 0 Å². The summed E-state index contributed by atoms with van der Waals surface area (Å²) in [4.78, 5) is 23.3. The number of nitrogens with zero attached hydrogens (tertiary/aromatic N) is 4. The SMILES string of the molecule is CCOC(=O)CCC=Cn1cnc2c(N)ncnc21. The predicted molar refractivity (Wildman–Crippen MR) is 70.9 cm³/mol. The molecule has 7 heteroatoms. The van der Waals surface area contributed by atoms with Gasteiger partial charge < -0.3 is 10.5 Å². The molecule has 2 aromatic rings. The Labute approximate surface area is 110 Å². The van der Waals surface area contributed by atoms with E-state index >= 15 is 0 Å². The third-order valence-corrected chi connectivity index (χ3v) is 2.47. The largest absolute Gasteiger partial charge is 0.466 e. The predicted octanol–water partition coefficient (Wildman–Crippen LogP) is 1.22. The third kappa shape index (κ3) is 3.06. The van der Waals surface area contributed by atoms with E-state index in [1.165, 1.54) is 6.33 Å². The molecule has 0 radical (unpaired) electrons. The number of ether oxygens (including phenoxy) is 1. The van der Waals surface area contributed by atoms with Crippen LogP contribution in [0.4, 0.5) is 5.82 Å². The molecule has 19 heavy (non-hydrogen) atoms. The van der Waals surface area contributed by atoms with Crippen LogP contribution in [-0.4, -0.2) is 32.1 Å². The summed E-state index contributed by atoms with van der Waals surface area (Å²) in [7, 11) is 0. The number of rotatable bonds is 5. The molecule has 2 rings (SSSR count). The second-order valence-electron chi connectivity index (χ2n) is 3.81. The van der Waals surface area contributed by atoms with Gasteiger partial charge in [-0.3, -0.25) is 9.36 Å². The Morgan fingerprint density at radius 1 is 1.47 bits per heavy atom. The van der Waals surface area contributed by atoms with Crippen LogP contribution in [0.5, 0.6) is 0 Å². The molecule has 0 saturated heterocycles. The molecule has 0 aromatic carbocycles. The second-order valence-corrected chi connectivity index (χ2v) is 3.81. The molecule has 2 N–H and O–H groups in total. The van der Waals surface area contributed by atoms with Crippen molar-refractivity contribution < 1.29 is 9.53 Å². The van der Waals surface area contributed by atoms with E-state index in [1.807, 2.05) is 6.08 Å². The van der Waals surface area contributed by atoms with Crippen molar-refractivity contribution in [3.05, 3.63) is 18.7 Å². The first kappa shape index (κ1) is 13.0. The Kier molecular flexibility index (Phi) is 4.07. The van der Waals surface area contributed by atoms with Crippen molar-refractivity contribution in [1.82, 2.24) is 19.5 Å². The molecule has 2 heterocycles. The number of hydrogen-bond acceptors (Lipinski definition) is 6. The minimum Gasteiger partial charge on any atom is -0.466 e. The van der Waals surface area contributed by atoms with Gasteiger partial charge in [-0.1, -0.05) is 6.08 Å². The number of carbonyl (C=O) groups excluding carboxylic acids is 1. The number of esters is 1. The van der Waals surface area contributed by atoms with E-state index in [4.69, 9.17) is 10.5 Å². The molecule has 0 amide bonds. The van der Waals surface area contributed by atoms with Gasteiger partial charge in [0.05, 0.1) is 6.61 Å². The molecular weight excluding hydrogens is 246 g/mol. The van der Waals surface area contributed by atoms with E-state index in [0.29, 0.717) is 36.4 Å². The summed E-state index contributed by atoms with van der Waals surface area (Å²) in [6.45, 7) is 2.19. The third-order valence-electron chi connectivity index (χ3n) is 2.47. The van der Waals surface area contributed by atoms with Crippen molar-refractivity contribution in [2.24, 2.45) is 0 Å². The number of anilines is 1. The van der Waals surface area contributed by atoms with E-state index in [1.54, 1.807) is 24.0 Å². The highest BCUT2D eigenvalue weighted by molar-refractivity contribution is 5.82. The van der Waals surface area contributed by atoms with Crippen LogP contribution >= 0.6 is 0 Å². The Morgan fingerprint density at radius 3 is 3.11 bits per heavy atom. The minimum atomic E-state index is -0.200. The summed E-state index contributed by atoms with van der Waals surface area (Å²) >= 11 is 0. The Balaban J connectivity index is 2.02. The van der Waals surface area contributed by atoms with E-state index in [2.05, 4.69) is 15.0 Å². The Morgan fingerprint density at radius 2 is 2.32 bits per heavy atom. The summed E-state index contributed by atoms with van der Waals surface area (Å²) in [6, 6.07) is 0. The summed E-state index contributed by atoms with van der Waals surface area (Å²) in [6.07, 6.45) is 7.60. The van der Waals surface area contributed by atoms with Crippen molar-refractivity contribution in [2.75, 3.05) is 12.3 Å².